The summed E-state index contributed by atoms with van der Waals surface area (Å²) in [6.07, 6.45) is 1.17. The van der Waals surface area contributed by atoms with Gasteiger partial charge in [0.05, 0.1) is 6.61 Å². The van der Waals surface area contributed by atoms with Gasteiger partial charge in [0, 0.05) is 44.8 Å². The van der Waals surface area contributed by atoms with E-state index in [0.29, 0.717) is 5.92 Å². The van der Waals surface area contributed by atoms with Crippen LogP contribution in [0.25, 0.3) is 0 Å². The maximum absolute atomic E-state index is 5.56. The summed E-state index contributed by atoms with van der Waals surface area (Å²) < 4.78 is 11.1. The van der Waals surface area contributed by atoms with E-state index in [9.17, 15) is 0 Å². The van der Waals surface area contributed by atoms with Crippen molar-refractivity contribution in [2.75, 3.05) is 33.4 Å². The van der Waals surface area contributed by atoms with Crippen molar-refractivity contribution in [1.29, 1.82) is 0 Å². The molecule has 0 aromatic carbocycles. The lowest BCUT2D eigenvalue weighted by Gasteiger charge is -2.21. The summed E-state index contributed by atoms with van der Waals surface area (Å²) in [4.78, 5) is 6.71. The first-order valence-corrected chi connectivity index (χ1v) is 7.73. The summed E-state index contributed by atoms with van der Waals surface area (Å²) in [6, 6.07) is 2.08. The van der Waals surface area contributed by atoms with E-state index in [1.165, 1.54) is 12.0 Å². The SMILES string of the molecule is CCOCC1CCN(C(=NC)NCc2cc(C)oc2C)C1. The average molecular weight is 293 g/mol. The van der Waals surface area contributed by atoms with E-state index in [-0.39, 0.29) is 0 Å². The lowest BCUT2D eigenvalue weighted by atomic mass is 10.1. The van der Waals surface area contributed by atoms with Gasteiger partial charge in [0.15, 0.2) is 5.96 Å². The fourth-order valence-corrected chi connectivity index (χ4v) is 2.81. The minimum absolute atomic E-state index is 0.612. The molecule has 1 aromatic rings. The van der Waals surface area contributed by atoms with Crippen molar-refractivity contribution in [3.05, 3.63) is 23.2 Å². The van der Waals surface area contributed by atoms with Crippen LogP contribution in [0.5, 0.6) is 0 Å². The molecule has 0 radical (unpaired) electrons. The predicted molar refractivity (Wildman–Crippen MR) is 84.6 cm³/mol. The molecule has 0 spiro atoms. The Balaban J connectivity index is 1.85. The molecule has 1 atom stereocenters. The Hall–Kier alpha value is -1.49. The molecule has 1 aliphatic rings. The molecule has 5 heteroatoms. The molecule has 1 saturated heterocycles. The summed E-state index contributed by atoms with van der Waals surface area (Å²) in [5.74, 6) is 3.51. The number of rotatable bonds is 5. The van der Waals surface area contributed by atoms with Crippen molar-refractivity contribution < 1.29 is 9.15 Å². The van der Waals surface area contributed by atoms with Gasteiger partial charge in [-0.15, -0.1) is 0 Å². The summed E-state index contributed by atoms with van der Waals surface area (Å²) >= 11 is 0. The molecule has 0 aliphatic carbocycles. The quantitative estimate of drug-likeness (QED) is 0.669. The fourth-order valence-electron chi connectivity index (χ4n) is 2.81. The van der Waals surface area contributed by atoms with Crippen LogP contribution in [-0.2, 0) is 11.3 Å². The van der Waals surface area contributed by atoms with Gasteiger partial charge >= 0.3 is 0 Å². The number of ether oxygens (including phenoxy) is 1. The van der Waals surface area contributed by atoms with E-state index in [2.05, 4.69) is 21.3 Å². The van der Waals surface area contributed by atoms with Gasteiger partial charge in [0.2, 0.25) is 0 Å². The Kier molecular flexibility index (Phi) is 5.67. The molecule has 0 amide bonds. The Bertz CT molecular complexity index is 482. The zero-order valence-corrected chi connectivity index (χ0v) is 13.6. The van der Waals surface area contributed by atoms with Crippen molar-refractivity contribution in [3.63, 3.8) is 0 Å². The van der Waals surface area contributed by atoms with Gasteiger partial charge < -0.3 is 19.4 Å². The smallest absolute Gasteiger partial charge is 0.193 e. The topological polar surface area (TPSA) is 50.0 Å². The monoisotopic (exact) mass is 293 g/mol. The molecular formula is C16H27N3O2. The Morgan fingerprint density at radius 1 is 1.52 bits per heavy atom. The molecule has 1 fully saturated rings. The van der Waals surface area contributed by atoms with Crippen LogP contribution < -0.4 is 5.32 Å². The number of nitrogens with zero attached hydrogens (tertiary/aromatic N) is 2. The molecule has 1 aliphatic heterocycles. The number of likely N-dealkylation sites (tertiary alicyclic amines) is 1. The first-order chi connectivity index (χ1) is 10.1. The molecule has 1 aromatic heterocycles. The van der Waals surface area contributed by atoms with Gasteiger partial charge in [-0.25, -0.2) is 0 Å². The number of guanidine groups is 1. The number of hydrogen-bond donors (Lipinski definition) is 1. The second-order valence-electron chi connectivity index (χ2n) is 5.60. The van der Waals surface area contributed by atoms with E-state index >= 15 is 0 Å². The molecule has 2 heterocycles. The highest BCUT2D eigenvalue weighted by molar-refractivity contribution is 5.80. The van der Waals surface area contributed by atoms with Gasteiger partial charge in [-0.1, -0.05) is 0 Å². The van der Waals surface area contributed by atoms with Crippen LogP contribution in [-0.4, -0.2) is 44.2 Å². The summed E-state index contributed by atoms with van der Waals surface area (Å²) in [5.41, 5.74) is 1.19. The van der Waals surface area contributed by atoms with Crippen LogP contribution in [0.2, 0.25) is 0 Å². The summed E-state index contributed by atoms with van der Waals surface area (Å²) in [6.45, 7) is 10.5. The van der Waals surface area contributed by atoms with Crippen LogP contribution in [0.1, 0.15) is 30.4 Å². The zero-order chi connectivity index (χ0) is 15.2. The van der Waals surface area contributed by atoms with Crippen molar-refractivity contribution in [2.45, 2.75) is 33.7 Å². The number of aryl methyl sites for hydroxylation is 2. The zero-order valence-electron chi connectivity index (χ0n) is 13.6. The molecule has 21 heavy (non-hydrogen) atoms. The highest BCUT2D eigenvalue weighted by Gasteiger charge is 2.24. The number of hydrogen-bond acceptors (Lipinski definition) is 3. The third kappa shape index (κ3) is 4.24. The van der Waals surface area contributed by atoms with Gasteiger partial charge in [0.1, 0.15) is 11.5 Å². The van der Waals surface area contributed by atoms with Gasteiger partial charge in [-0.05, 0) is 33.3 Å². The van der Waals surface area contributed by atoms with Crippen LogP contribution >= 0.6 is 0 Å². The van der Waals surface area contributed by atoms with Crippen molar-refractivity contribution in [1.82, 2.24) is 10.2 Å². The average Bonchev–Trinajstić information content (AvgIpc) is 3.04. The second-order valence-corrected chi connectivity index (χ2v) is 5.60. The van der Waals surface area contributed by atoms with E-state index < -0.39 is 0 Å². The molecule has 1 N–H and O–H groups in total. The molecule has 0 saturated carbocycles. The Labute approximate surface area is 127 Å². The van der Waals surface area contributed by atoms with Crippen molar-refractivity contribution >= 4 is 5.96 Å². The minimum Gasteiger partial charge on any atom is -0.466 e. The highest BCUT2D eigenvalue weighted by atomic mass is 16.5. The largest absolute Gasteiger partial charge is 0.466 e. The summed E-state index contributed by atoms with van der Waals surface area (Å²) in [7, 11) is 1.84. The van der Waals surface area contributed by atoms with Gasteiger partial charge in [-0.2, -0.15) is 0 Å². The Morgan fingerprint density at radius 3 is 2.95 bits per heavy atom. The normalized spacial score (nSPS) is 19.3. The van der Waals surface area contributed by atoms with Crippen LogP contribution in [0.15, 0.2) is 15.5 Å². The molecule has 118 valence electrons. The first-order valence-electron chi connectivity index (χ1n) is 7.73. The maximum atomic E-state index is 5.56. The van der Waals surface area contributed by atoms with E-state index in [0.717, 1.165) is 50.3 Å². The molecule has 2 rings (SSSR count). The van der Waals surface area contributed by atoms with Crippen LogP contribution in [0, 0.1) is 19.8 Å². The van der Waals surface area contributed by atoms with Gasteiger partial charge in [0.25, 0.3) is 0 Å². The predicted octanol–water partition coefficient (Wildman–Crippen LogP) is 2.33. The van der Waals surface area contributed by atoms with Crippen molar-refractivity contribution in [2.24, 2.45) is 10.9 Å². The van der Waals surface area contributed by atoms with Crippen LogP contribution in [0.4, 0.5) is 0 Å². The standard InChI is InChI=1S/C16H27N3O2/c1-5-20-11-14-6-7-19(10-14)16(17-4)18-9-15-8-12(2)21-13(15)3/h8,14H,5-7,9-11H2,1-4H3,(H,17,18). The van der Waals surface area contributed by atoms with Crippen molar-refractivity contribution in [3.8, 4) is 0 Å². The lowest BCUT2D eigenvalue weighted by molar-refractivity contribution is 0.114. The first kappa shape index (κ1) is 15.9. The molecule has 5 nitrogen and oxygen atoms in total. The van der Waals surface area contributed by atoms with E-state index in [4.69, 9.17) is 9.15 Å². The number of nitrogens with one attached hydrogen (secondary N) is 1. The highest BCUT2D eigenvalue weighted by Crippen LogP contribution is 2.17. The Morgan fingerprint density at radius 2 is 2.33 bits per heavy atom. The van der Waals surface area contributed by atoms with E-state index in [1.807, 2.05) is 27.8 Å². The number of aliphatic imine (C=N–C) groups is 1. The molecular weight excluding hydrogens is 266 g/mol. The second kappa shape index (κ2) is 7.50. The minimum atomic E-state index is 0.612. The van der Waals surface area contributed by atoms with Crippen LogP contribution in [0.3, 0.4) is 0 Å². The number of furan rings is 1. The third-order valence-electron chi connectivity index (χ3n) is 3.94. The molecule has 0 bridgehead atoms. The molecule has 1 unspecified atom stereocenters. The fraction of sp³-hybridized carbons (Fsp3) is 0.688. The summed E-state index contributed by atoms with van der Waals surface area (Å²) in [5, 5.41) is 3.43. The lowest BCUT2D eigenvalue weighted by Crippen LogP contribution is -2.39. The van der Waals surface area contributed by atoms with E-state index in [1.54, 1.807) is 0 Å². The van der Waals surface area contributed by atoms with Gasteiger partial charge in [-0.3, -0.25) is 4.99 Å². The maximum Gasteiger partial charge on any atom is 0.193 e. The third-order valence-corrected chi connectivity index (χ3v) is 3.94.